The minimum Gasteiger partial charge on any atom is -0.504 e. The van der Waals surface area contributed by atoms with Gasteiger partial charge in [0.25, 0.3) is 0 Å². The normalized spacial score (nSPS) is 31.0. The van der Waals surface area contributed by atoms with Gasteiger partial charge in [-0.1, -0.05) is 36.2 Å². The van der Waals surface area contributed by atoms with E-state index in [1.165, 1.54) is 25.1 Å². The van der Waals surface area contributed by atoms with E-state index < -0.39 is 66.8 Å². The number of amides is 1. The van der Waals surface area contributed by atoms with Crippen LogP contribution in [0.5, 0.6) is 17.2 Å². The average Bonchev–Trinajstić information content (AvgIpc) is 3.67. The van der Waals surface area contributed by atoms with E-state index in [4.69, 9.17) is 46.9 Å². The summed E-state index contributed by atoms with van der Waals surface area (Å²) < 4.78 is 41.6. The predicted octanol–water partition coefficient (Wildman–Crippen LogP) is 2.83. The van der Waals surface area contributed by atoms with Crippen LogP contribution in [0, 0.1) is 5.82 Å². The van der Waals surface area contributed by atoms with Crippen molar-refractivity contribution in [3.63, 3.8) is 0 Å². The highest BCUT2D eigenvalue weighted by atomic mass is 35.5. The van der Waals surface area contributed by atoms with Crippen LogP contribution in [0.4, 0.5) is 4.39 Å². The van der Waals surface area contributed by atoms with Gasteiger partial charge in [0.1, 0.15) is 66.6 Å². The summed E-state index contributed by atoms with van der Waals surface area (Å²) in [5.41, 5.74) is 1.35. The minimum atomic E-state index is -1.49. The molecule has 2 heterocycles. The number of fused-ring (bicyclic) bond motifs is 1. The van der Waals surface area contributed by atoms with Crippen LogP contribution in [0.2, 0.25) is 10.0 Å². The standard InChI is InChI=1S/C32H36Cl2FNO11/c1-3-16(6-7-43-22-11-17(35)10-18(33)24(22)34)29-20(38)12-23(47-29)46-21-5-4-15(9-19(21)37)8-14(2)32(42)36-25-26(39)28(41)31-30(27(25)40)44-13-45-31/h4-6,8-11,20,23,25-31,37-41H,3,7,12-13H2,1-2H3,(H,36,42)/t20-,23+,25+,26-,27+,28+,29+,30-,31+/m0/s1. The molecule has 256 valence electrons. The molecule has 2 aromatic rings. The Bertz CT molecular complexity index is 1520. The van der Waals surface area contributed by atoms with Gasteiger partial charge in [0, 0.05) is 18.1 Å². The molecule has 47 heavy (non-hydrogen) atoms. The van der Waals surface area contributed by atoms with Gasteiger partial charge >= 0.3 is 0 Å². The smallest absolute Gasteiger partial charge is 0.247 e. The molecule has 1 saturated carbocycles. The van der Waals surface area contributed by atoms with Gasteiger partial charge in [-0.3, -0.25) is 4.79 Å². The van der Waals surface area contributed by atoms with Crippen LogP contribution in [0.25, 0.3) is 6.08 Å². The van der Waals surface area contributed by atoms with E-state index in [9.17, 15) is 34.7 Å². The zero-order valence-corrected chi connectivity index (χ0v) is 26.9. The maximum absolute atomic E-state index is 13.7. The molecular weight excluding hydrogens is 664 g/mol. The molecule has 6 N–H and O–H groups in total. The van der Waals surface area contributed by atoms with Crippen LogP contribution >= 0.6 is 23.2 Å². The third-order valence-corrected chi connectivity index (χ3v) is 9.07. The van der Waals surface area contributed by atoms with Crippen molar-refractivity contribution in [3.8, 4) is 17.2 Å². The quantitative estimate of drug-likeness (QED) is 0.122. The number of phenolic OH excluding ortho intramolecular Hbond substituents is 1. The lowest BCUT2D eigenvalue weighted by Crippen LogP contribution is -2.67. The van der Waals surface area contributed by atoms with Crippen molar-refractivity contribution in [2.75, 3.05) is 13.4 Å². The van der Waals surface area contributed by atoms with Crippen LogP contribution < -0.4 is 14.8 Å². The molecule has 9 atom stereocenters. The second-order valence-electron chi connectivity index (χ2n) is 11.5. The number of phenols is 1. The molecule has 1 amide bonds. The first-order chi connectivity index (χ1) is 22.4. The molecule has 12 nitrogen and oxygen atoms in total. The molecule has 3 fully saturated rings. The van der Waals surface area contributed by atoms with Crippen LogP contribution in [0.15, 0.2) is 47.6 Å². The summed E-state index contributed by atoms with van der Waals surface area (Å²) in [5, 5.41) is 55.4. The number of aromatic hydroxyl groups is 1. The SMILES string of the molecule is CCC(=CCOc1cc(F)cc(Cl)c1Cl)[C@H]1O[C@@H](Oc2ccc(C=C(C)C(=O)N[C@@H]3[C@H](O)[C@@H](O)[C@H]4OCO[C@H]4[C@@H]3O)cc2O)C[C@@H]1O. The third kappa shape index (κ3) is 7.85. The summed E-state index contributed by atoms with van der Waals surface area (Å²) in [4.78, 5) is 12.9. The van der Waals surface area contributed by atoms with Crippen LogP contribution in [0.3, 0.4) is 0 Å². The van der Waals surface area contributed by atoms with Crippen molar-refractivity contribution >= 4 is 35.2 Å². The largest absolute Gasteiger partial charge is 0.504 e. The van der Waals surface area contributed by atoms with Crippen molar-refractivity contribution < 1.29 is 58.4 Å². The van der Waals surface area contributed by atoms with E-state index in [1.807, 2.05) is 6.92 Å². The van der Waals surface area contributed by atoms with Gasteiger partial charge in [0.2, 0.25) is 12.2 Å². The Hall–Kier alpha value is -2.98. The second kappa shape index (κ2) is 15.1. The fraction of sp³-hybridized carbons (Fsp3) is 0.469. The Morgan fingerprint density at radius 3 is 2.49 bits per heavy atom. The number of carbonyl (C=O) groups is 1. The first kappa shape index (κ1) is 35.3. The number of aliphatic hydroxyl groups excluding tert-OH is 4. The number of hydrogen-bond acceptors (Lipinski definition) is 11. The van der Waals surface area contributed by atoms with Crippen molar-refractivity contribution in [1.29, 1.82) is 0 Å². The molecule has 0 bridgehead atoms. The lowest BCUT2D eigenvalue weighted by atomic mass is 9.83. The fourth-order valence-corrected chi connectivity index (χ4v) is 6.14. The van der Waals surface area contributed by atoms with E-state index in [-0.39, 0.29) is 52.7 Å². The number of hydrogen-bond donors (Lipinski definition) is 6. The molecule has 0 radical (unpaired) electrons. The van der Waals surface area contributed by atoms with Crippen LogP contribution in [-0.2, 0) is 19.0 Å². The van der Waals surface area contributed by atoms with Crippen molar-refractivity contribution in [2.45, 2.75) is 81.7 Å². The third-order valence-electron chi connectivity index (χ3n) is 8.28. The first-order valence-electron chi connectivity index (χ1n) is 14.9. The second-order valence-corrected chi connectivity index (χ2v) is 12.2. The Morgan fingerprint density at radius 2 is 1.79 bits per heavy atom. The number of nitrogens with one attached hydrogen (secondary N) is 1. The van der Waals surface area contributed by atoms with E-state index in [1.54, 1.807) is 12.1 Å². The molecule has 0 aromatic heterocycles. The van der Waals surface area contributed by atoms with Crippen LogP contribution in [0.1, 0.15) is 32.3 Å². The molecule has 5 rings (SSSR count). The van der Waals surface area contributed by atoms with Crippen molar-refractivity contribution in [2.24, 2.45) is 0 Å². The predicted molar refractivity (Wildman–Crippen MR) is 167 cm³/mol. The summed E-state index contributed by atoms with van der Waals surface area (Å²) in [6.07, 6.45) is -4.69. The summed E-state index contributed by atoms with van der Waals surface area (Å²) in [5.74, 6) is -1.30. The van der Waals surface area contributed by atoms with E-state index in [0.717, 1.165) is 12.1 Å². The minimum absolute atomic E-state index is 0.0160. The Balaban J connectivity index is 1.18. The zero-order valence-electron chi connectivity index (χ0n) is 25.4. The van der Waals surface area contributed by atoms with Crippen molar-refractivity contribution in [1.82, 2.24) is 5.32 Å². The molecule has 0 spiro atoms. The molecule has 15 heteroatoms. The van der Waals surface area contributed by atoms with Gasteiger partial charge in [-0.25, -0.2) is 4.39 Å². The summed E-state index contributed by atoms with van der Waals surface area (Å²) >= 11 is 12.0. The van der Waals surface area contributed by atoms with Gasteiger partial charge in [-0.05, 0) is 54.8 Å². The number of halogens is 3. The molecule has 3 aliphatic rings. The zero-order chi connectivity index (χ0) is 34.0. The lowest BCUT2D eigenvalue weighted by Gasteiger charge is -2.41. The number of ether oxygens (including phenoxy) is 5. The molecular formula is C32H36Cl2FNO11. The Kier molecular flexibility index (Phi) is 11.3. The monoisotopic (exact) mass is 699 g/mol. The first-order valence-corrected chi connectivity index (χ1v) is 15.7. The Labute approximate surface area is 279 Å². The topological polar surface area (TPSA) is 176 Å². The molecule has 1 aliphatic carbocycles. The number of aliphatic hydroxyl groups is 4. The van der Waals surface area contributed by atoms with Crippen LogP contribution in [-0.4, -0.2) is 99.9 Å². The molecule has 0 unspecified atom stereocenters. The lowest BCUT2D eigenvalue weighted by molar-refractivity contribution is -0.155. The van der Waals surface area contributed by atoms with E-state index in [0.29, 0.717) is 17.6 Å². The van der Waals surface area contributed by atoms with Gasteiger partial charge < -0.3 is 54.5 Å². The molecule has 2 aromatic carbocycles. The van der Waals surface area contributed by atoms with E-state index >= 15 is 0 Å². The molecule has 2 saturated heterocycles. The highest BCUT2D eigenvalue weighted by Gasteiger charge is 2.53. The summed E-state index contributed by atoms with van der Waals surface area (Å²) in [6.45, 7) is 3.25. The number of carbonyl (C=O) groups excluding carboxylic acids is 1. The molecule has 2 aliphatic heterocycles. The maximum atomic E-state index is 13.7. The van der Waals surface area contributed by atoms with Gasteiger partial charge in [0.15, 0.2) is 11.5 Å². The number of benzene rings is 2. The Morgan fingerprint density at radius 1 is 1.06 bits per heavy atom. The highest BCUT2D eigenvalue weighted by molar-refractivity contribution is 6.42. The van der Waals surface area contributed by atoms with Gasteiger partial charge in [-0.2, -0.15) is 0 Å². The fourth-order valence-electron chi connectivity index (χ4n) is 5.78. The van der Waals surface area contributed by atoms with Crippen molar-refractivity contribution in [3.05, 3.63) is 69.0 Å². The number of rotatable bonds is 10. The summed E-state index contributed by atoms with van der Waals surface area (Å²) in [7, 11) is 0. The summed E-state index contributed by atoms with van der Waals surface area (Å²) in [6, 6.07) is 5.44. The van der Waals surface area contributed by atoms with E-state index in [2.05, 4.69) is 5.32 Å². The highest BCUT2D eigenvalue weighted by Crippen LogP contribution is 2.36. The van der Waals surface area contributed by atoms with Gasteiger partial charge in [-0.15, -0.1) is 0 Å². The maximum Gasteiger partial charge on any atom is 0.247 e. The average molecular weight is 701 g/mol. The van der Waals surface area contributed by atoms with Gasteiger partial charge in [0.05, 0.1) is 17.2 Å².